The smallest absolute Gasteiger partial charge is 0.231 e. The van der Waals surface area contributed by atoms with Gasteiger partial charge in [0.05, 0.1) is 17.8 Å². The molecule has 0 radical (unpaired) electrons. The molecule has 166 valence electrons. The minimum atomic E-state index is -0.460. The lowest BCUT2D eigenvalue weighted by Crippen LogP contribution is -2.24. The summed E-state index contributed by atoms with van der Waals surface area (Å²) in [5, 5.41) is 3.26. The van der Waals surface area contributed by atoms with Gasteiger partial charge in [-0.3, -0.25) is 9.59 Å². The van der Waals surface area contributed by atoms with Crippen molar-refractivity contribution in [2.45, 2.75) is 26.2 Å². The van der Waals surface area contributed by atoms with E-state index in [1.165, 1.54) is 22.3 Å². The van der Waals surface area contributed by atoms with E-state index < -0.39 is 5.82 Å². The number of halogens is 1. The highest BCUT2D eigenvalue weighted by Crippen LogP contribution is 2.35. The first-order valence-electron chi connectivity index (χ1n) is 10.2. The van der Waals surface area contributed by atoms with E-state index in [-0.39, 0.29) is 26.5 Å². The number of nitrogens with one attached hydrogen (secondary N) is 1. The third kappa shape index (κ3) is 3.91. The number of amides is 2. The topological polar surface area (TPSA) is 80.8 Å². The first kappa shape index (κ1) is 20.4. The summed E-state index contributed by atoms with van der Waals surface area (Å²) >= 11 is 1.33. The molecule has 0 aliphatic carbocycles. The number of aromatic nitrogens is 1. The van der Waals surface area contributed by atoms with Crippen LogP contribution in [0.5, 0.6) is 11.5 Å². The molecule has 9 heteroatoms. The number of thiazole rings is 1. The lowest BCUT2D eigenvalue weighted by molar-refractivity contribution is -0.117. The van der Waals surface area contributed by atoms with Crippen molar-refractivity contribution in [3.63, 3.8) is 0 Å². The maximum Gasteiger partial charge on any atom is 0.231 e. The number of nitrogens with zero attached hydrogens (tertiary/aromatic N) is 2. The fourth-order valence-corrected chi connectivity index (χ4v) is 4.75. The summed E-state index contributed by atoms with van der Waals surface area (Å²) in [7, 11) is 0. The molecule has 2 aliphatic heterocycles. The fraction of sp³-hybridized carbons (Fsp3) is 0.261. The fourth-order valence-electron chi connectivity index (χ4n) is 3.89. The lowest BCUT2D eigenvalue weighted by Gasteiger charge is -2.16. The second kappa shape index (κ2) is 8.23. The number of carbonyl (C=O) groups excluding carboxylic acids is 2. The zero-order chi connectivity index (χ0) is 22.2. The number of hydrogen-bond donors (Lipinski definition) is 1. The Hall–Kier alpha value is -3.46. The van der Waals surface area contributed by atoms with Crippen LogP contribution in [-0.4, -0.2) is 30.1 Å². The summed E-state index contributed by atoms with van der Waals surface area (Å²) in [6, 6.07) is 10.2. The molecular weight excluding hydrogens is 433 g/mol. The SMILES string of the molecule is Cc1sc(NC(=O)Cc2ccc3c(c2)OCO3)nc1-c1ccc(N2CCCC2=O)c(F)c1.[HH]. The minimum Gasteiger partial charge on any atom is -0.454 e. The van der Waals surface area contributed by atoms with Crippen LogP contribution in [0.3, 0.4) is 0 Å². The molecule has 0 atom stereocenters. The normalized spacial score (nSPS) is 14.8. The van der Waals surface area contributed by atoms with Gasteiger partial charge in [-0.05, 0) is 43.2 Å². The first-order valence-corrected chi connectivity index (χ1v) is 11.1. The standard InChI is InChI=1S/C23H20FN3O4S.H2/c1-13-22(15-5-6-17(16(24)11-15)27-8-2-3-21(27)29)26-23(32-13)25-20(28)10-14-4-7-18-19(9-14)31-12-30-18;/h4-7,9,11H,2-3,8,10,12H2,1H3,(H,25,26,28);1H. The van der Waals surface area contributed by atoms with Crippen molar-refractivity contribution in [3.8, 4) is 22.8 Å². The van der Waals surface area contributed by atoms with Crippen LogP contribution < -0.4 is 19.7 Å². The number of benzene rings is 2. The lowest BCUT2D eigenvalue weighted by atomic mass is 10.1. The minimum absolute atomic E-state index is 0. The van der Waals surface area contributed by atoms with Gasteiger partial charge in [0.2, 0.25) is 18.6 Å². The summed E-state index contributed by atoms with van der Waals surface area (Å²) in [5.41, 5.74) is 2.30. The van der Waals surface area contributed by atoms with Gasteiger partial charge in [-0.1, -0.05) is 12.1 Å². The molecule has 0 saturated carbocycles. The van der Waals surface area contributed by atoms with Gasteiger partial charge in [0.15, 0.2) is 16.6 Å². The zero-order valence-electron chi connectivity index (χ0n) is 17.3. The van der Waals surface area contributed by atoms with Crippen LogP contribution in [0.1, 0.15) is 24.7 Å². The van der Waals surface area contributed by atoms with Gasteiger partial charge < -0.3 is 19.7 Å². The van der Waals surface area contributed by atoms with Crippen molar-refractivity contribution in [1.29, 1.82) is 0 Å². The molecule has 0 unspecified atom stereocenters. The Labute approximate surface area is 189 Å². The van der Waals surface area contributed by atoms with E-state index in [0.717, 1.165) is 16.9 Å². The second-order valence-corrected chi connectivity index (χ2v) is 8.85. The van der Waals surface area contributed by atoms with Crippen molar-refractivity contribution in [1.82, 2.24) is 4.98 Å². The van der Waals surface area contributed by atoms with Crippen LogP contribution in [0, 0.1) is 12.7 Å². The van der Waals surface area contributed by atoms with Crippen LogP contribution in [-0.2, 0) is 16.0 Å². The quantitative estimate of drug-likeness (QED) is 0.611. The molecule has 1 saturated heterocycles. The Morgan fingerprint density at radius 1 is 1.25 bits per heavy atom. The van der Waals surface area contributed by atoms with Crippen molar-refractivity contribution < 1.29 is 24.9 Å². The van der Waals surface area contributed by atoms with Crippen LogP contribution in [0.2, 0.25) is 0 Å². The highest BCUT2D eigenvalue weighted by atomic mass is 32.1. The molecule has 32 heavy (non-hydrogen) atoms. The number of fused-ring (bicyclic) bond motifs is 1. The average Bonchev–Trinajstić information content (AvgIpc) is 3.48. The Balaban J connectivity index is 0.00000259. The summed E-state index contributed by atoms with van der Waals surface area (Å²) in [6.07, 6.45) is 1.35. The first-order chi connectivity index (χ1) is 15.5. The van der Waals surface area contributed by atoms with Crippen LogP contribution in [0.15, 0.2) is 36.4 Å². The number of ether oxygens (including phenoxy) is 2. The van der Waals surface area contributed by atoms with Gasteiger partial charge in [0, 0.05) is 24.8 Å². The molecule has 2 amide bonds. The highest BCUT2D eigenvalue weighted by Gasteiger charge is 2.25. The summed E-state index contributed by atoms with van der Waals surface area (Å²) in [6.45, 7) is 2.59. The molecule has 1 aromatic heterocycles. The Morgan fingerprint density at radius 2 is 2.09 bits per heavy atom. The number of hydrogen-bond acceptors (Lipinski definition) is 6. The second-order valence-electron chi connectivity index (χ2n) is 7.65. The van der Waals surface area contributed by atoms with Crippen molar-refractivity contribution >= 4 is 34.0 Å². The van der Waals surface area contributed by atoms with Gasteiger partial charge in [0.25, 0.3) is 0 Å². The zero-order valence-corrected chi connectivity index (χ0v) is 18.1. The molecule has 1 fully saturated rings. The molecule has 3 heterocycles. The van der Waals surface area contributed by atoms with Crippen LogP contribution in [0.25, 0.3) is 11.3 Å². The van der Waals surface area contributed by atoms with Gasteiger partial charge in [0.1, 0.15) is 5.82 Å². The predicted octanol–water partition coefficient (Wildman–Crippen LogP) is 4.54. The maximum absolute atomic E-state index is 14.7. The van der Waals surface area contributed by atoms with E-state index >= 15 is 0 Å². The Morgan fingerprint density at radius 3 is 2.88 bits per heavy atom. The molecule has 5 rings (SSSR count). The van der Waals surface area contributed by atoms with Crippen LogP contribution in [0.4, 0.5) is 15.2 Å². The summed E-state index contributed by atoms with van der Waals surface area (Å²) in [5.74, 6) is 0.566. The van der Waals surface area contributed by atoms with E-state index in [9.17, 15) is 14.0 Å². The largest absolute Gasteiger partial charge is 0.454 e. The Kier molecular flexibility index (Phi) is 5.26. The third-order valence-corrected chi connectivity index (χ3v) is 6.32. The number of anilines is 2. The van der Waals surface area contributed by atoms with Crippen molar-refractivity contribution in [2.24, 2.45) is 0 Å². The molecule has 0 spiro atoms. The summed E-state index contributed by atoms with van der Waals surface area (Å²) in [4.78, 5) is 31.3. The molecule has 3 aromatic rings. The van der Waals surface area contributed by atoms with Crippen molar-refractivity contribution in [3.05, 3.63) is 52.7 Å². The molecule has 2 aromatic carbocycles. The predicted molar refractivity (Wildman–Crippen MR) is 121 cm³/mol. The van der Waals surface area contributed by atoms with Gasteiger partial charge in [-0.25, -0.2) is 9.37 Å². The third-order valence-electron chi connectivity index (χ3n) is 5.43. The number of rotatable bonds is 5. The van der Waals surface area contributed by atoms with Gasteiger partial charge in [-0.15, -0.1) is 11.3 Å². The Bertz CT molecular complexity index is 1230. The highest BCUT2D eigenvalue weighted by molar-refractivity contribution is 7.16. The monoisotopic (exact) mass is 455 g/mol. The van der Waals surface area contributed by atoms with Gasteiger partial charge >= 0.3 is 0 Å². The average molecular weight is 456 g/mol. The van der Waals surface area contributed by atoms with E-state index in [0.29, 0.717) is 46.5 Å². The van der Waals surface area contributed by atoms with Crippen LogP contribution >= 0.6 is 11.3 Å². The van der Waals surface area contributed by atoms with E-state index in [1.807, 2.05) is 13.0 Å². The van der Waals surface area contributed by atoms with Gasteiger partial charge in [-0.2, -0.15) is 0 Å². The maximum atomic E-state index is 14.7. The molecule has 2 aliphatic rings. The van der Waals surface area contributed by atoms with E-state index in [1.54, 1.807) is 24.3 Å². The summed E-state index contributed by atoms with van der Waals surface area (Å²) < 4.78 is 25.4. The molecule has 0 bridgehead atoms. The van der Waals surface area contributed by atoms with E-state index in [4.69, 9.17) is 9.47 Å². The number of carbonyl (C=O) groups is 2. The molecular formula is C23H22FN3O4S. The molecule has 1 N–H and O–H groups in total. The molecule has 7 nitrogen and oxygen atoms in total. The van der Waals surface area contributed by atoms with E-state index in [2.05, 4.69) is 10.3 Å². The van der Waals surface area contributed by atoms with Crippen molar-refractivity contribution in [2.75, 3.05) is 23.6 Å². The number of aryl methyl sites for hydroxylation is 1.